The SMILES string of the molecule is O=C(O)CN(C1(C(=O)O)C[C@H]1c1cccc(Cc2ccccc2)c1)S(=O)(=O)c1ccc(-c2ccc(Cl)cc2)cc1. The van der Waals surface area contributed by atoms with Crippen LogP contribution in [0.3, 0.4) is 0 Å². The lowest BCUT2D eigenvalue weighted by atomic mass is 9.99. The van der Waals surface area contributed by atoms with Crippen molar-refractivity contribution < 1.29 is 28.2 Å². The van der Waals surface area contributed by atoms with Crippen LogP contribution in [0.15, 0.2) is 108 Å². The van der Waals surface area contributed by atoms with Crippen LogP contribution in [0.1, 0.15) is 29.0 Å². The van der Waals surface area contributed by atoms with Gasteiger partial charge in [-0.25, -0.2) is 8.42 Å². The molecule has 9 heteroatoms. The van der Waals surface area contributed by atoms with Crippen molar-refractivity contribution in [3.8, 4) is 11.1 Å². The van der Waals surface area contributed by atoms with Crippen LogP contribution in [0.5, 0.6) is 0 Å². The molecule has 0 amide bonds. The van der Waals surface area contributed by atoms with Gasteiger partial charge >= 0.3 is 11.9 Å². The zero-order valence-corrected chi connectivity index (χ0v) is 22.8. The van der Waals surface area contributed by atoms with E-state index in [-0.39, 0.29) is 11.3 Å². The van der Waals surface area contributed by atoms with E-state index in [1.807, 2.05) is 48.5 Å². The maximum absolute atomic E-state index is 13.8. The van der Waals surface area contributed by atoms with E-state index in [0.717, 1.165) is 22.3 Å². The zero-order chi connectivity index (χ0) is 28.5. The summed E-state index contributed by atoms with van der Waals surface area (Å²) in [7, 11) is -4.49. The van der Waals surface area contributed by atoms with Crippen LogP contribution in [0, 0.1) is 0 Å². The number of aliphatic carboxylic acids is 2. The topological polar surface area (TPSA) is 112 Å². The second-order valence-corrected chi connectivity index (χ2v) is 12.1. The Morgan fingerprint density at radius 3 is 2.02 bits per heavy atom. The molecule has 0 aliphatic heterocycles. The first-order valence-corrected chi connectivity index (χ1v) is 14.4. The van der Waals surface area contributed by atoms with Crippen LogP contribution < -0.4 is 0 Å². The van der Waals surface area contributed by atoms with E-state index >= 15 is 0 Å². The first-order chi connectivity index (χ1) is 19.1. The van der Waals surface area contributed by atoms with Gasteiger partial charge in [-0.1, -0.05) is 90.5 Å². The monoisotopic (exact) mass is 575 g/mol. The Bertz CT molecular complexity index is 1660. The molecule has 0 bridgehead atoms. The smallest absolute Gasteiger partial charge is 0.325 e. The molecular formula is C31H26ClNO6S. The standard InChI is InChI=1S/C31H26ClNO6S/c32-26-13-9-23(10-14-26)24-11-15-27(16-12-24)40(38,39)33(20-29(34)35)31(30(36)37)19-28(31)25-8-4-7-22(18-25)17-21-5-2-1-3-6-21/h1-16,18,28H,17,19-20H2,(H,34,35)(H,36,37)/t28-,31?/m0/s1. The van der Waals surface area contributed by atoms with Crippen molar-refractivity contribution in [3.05, 3.63) is 125 Å². The fourth-order valence-electron chi connectivity index (χ4n) is 5.17. The molecule has 0 aromatic heterocycles. The Hall–Kier alpha value is -3.98. The van der Waals surface area contributed by atoms with E-state index in [1.165, 1.54) is 12.1 Å². The Morgan fingerprint density at radius 1 is 0.825 bits per heavy atom. The number of nitrogens with zero attached hydrogens (tertiary/aromatic N) is 1. The van der Waals surface area contributed by atoms with Crippen molar-refractivity contribution in [2.45, 2.75) is 29.2 Å². The summed E-state index contributed by atoms with van der Waals surface area (Å²) in [6.07, 6.45) is 0.588. The Balaban J connectivity index is 1.48. The van der Waals surface area contributed by atoms with Crippen LogP contribution in [0.25, 0.3) is 11.1 Å². The predicted molar refractivity (Wildman–Crippen MR) is 152 cm³/mol. The number of rotatable bonds is 10. The Morgan fingerprint density at radius 2 is 1.43 bits per heavy atom. The molecule has 4 aromatic rings. The first-order valence-electron chi connectivity index (χ1n) is 12.6. The fourth-order valence-corrected chi connectivity index (χ4v) is 7.02. The number of carboxylic acid groups (broad SMARTS) is 2. The van der Waals surface area contributed by atoms with E-state index in [2.05, 4.69) is 0 Å². The molecule has 40 heavy (non-hydrogen) atoms. The molecule has 5 rings (SSSR count). The zero-order valence-electron chi connectivity index (χ0n) is 21.3. The summed E-state index contributed by atoms with van der Waals surface area (Å²) in [5.74, 6) is -3.53. The predicted octanol–water partition coefficient (Wildman–Crippen LogP) is 5.68. The molecule has 4 aromatic carbocycles. The lowest BCUT2D eigenvalue weighted by molar-refractivity contribution is -0.145. The Labute approximate surface area is 237 Å². The van der Waals surface area contributed by atoms with Gasteiger partial charge in [-0.3, -0.25) is 9.59 Å². The molecule has 2 N–H and O–H groups in total. The number of halogens is 1. The molecule has 7 nitrogen and oxygen atoms in total. The van der Waals surface area contributed by atoms with Gasteiger partial charge in [0.2, 0.25) is 10.0 Å². The number of carboxylic acids is 2. The van der Waals surface area contributed by atoms with Gasteiger partial charge in [0, 0.05) is 10.9 Å². The average molecular weight is 576 g/mol. The number of sulfonamides is 1. The maximum Gasteiger partial charge on any atom is 0.325 e. The van der Waals surface area contributed by atoms with Gasteiger partial charge < -0.3 is 10.2 Å². The Kier molecular flexibility index (Phi) is 7.51. The van der Waals surface area contributed by atoms with Crippen molar-refractivity contribution in [2.24, 2.45) is 0 Å². The van der Waals surface area contributed by atoms with E-state index in [1.54, 1.807) is 42.5 Å². The summed E-state index contributed by atoms with van der Waals surface area (Å²) < 4.78 is 28.3. The van der Waals surface area contributed by atoms with Gasteiger partial charge in [0.25, 0.3) is 0 Å². The highest BCUT2D eigenvalue weighted by Crippen LogP contribution is 2.57. The summed E-state index contributed by atoms with van der Waals surface area (Å²) in [6.45, 7) is -0.978. The third-order valence-electron chi connectivity index (χ3n) is 7.25. The highest BCUT2D eigenvalue weighted by molar-refractivity contribution is 7.89. The molecule has 0 heterocycles. The molecule has 1 fully saturated rings. The highest BCUT2D eigenvalue weighted by Gasteiger charge is 2.68. The third-order valence-corrected chi connectivity index (χ3v) is 9.41. The molecule has 0 saturated heterocycles. The number of hydrogen-bond acceptors (Lipinski definition) is 4. The molecule has 1 unspecified atom stereocenters. The summed E-state index contributed by atoms with van der Waals surface area (Å²) in [5, 5.41) is 20.5. The molecule has 1 aliphatic carbocycles. The maximum atomic E-state index is 13.8. The molecule has 1 saturated carbocycles. The second-order valence-electron chi connectivity index (χ2n) is 9.83. The van der Waals surface area contributed by atoms with Crippen LogP contribution in [0.2, 0.25) is 5.02 Å². The van der Waals surface area contributed by atoms with Gasteiger partial charge in [-0.05, 0) is 64.9 Å². The van der Waals surface area contributed by atoms with Gasteiger partial charge in [0.15, 0.2) is 0 Å². The summed E-state index contributed by atoms with van der Waals surface area (Å²) in [4.78, 5) is 24.4. The number of carbonyl (C=O) groups is 2. The van der Waals surface area contributed by atoms with Gasteiger partial charge in [0.1, 0.15) is 12.1 Å². The first kappa shape index (κ1) is 27.6. The van der Waals surface area contributed by atoms with E-state index in [0.29, 0.717) is 21.3 Å². The molecule has 0 radical (unpaired) electrons. The van der Waals surface area contributed by atoms with Crippen molar-refractivity contribution in [1.29, 1.82) is 0 Å². The van der Waals surface area contributed by atoms with Gasteiger partial charge in [-0.2, -0.15) is 4.31 Å². The second kappa shape index (κ2) is 10.9. The largest absolute Gasteiger partial charge is 0.480 e. The van der Waals surface area contributed by atoms with Crippen molar-refractivity contribution in [3.63, 3.8) is 0 Å². The summed E-state index contributed by atoms with van der Waals surface area (Å²) >= 11 is 5.95. The third kappa shape index (κ3) is 5.38. The van der Waals surface area contributed by atoms with Gasteiger partial charge in [0.05, 0.1) is 4.90 Å². The van der Waals surface area contributed by atoms with E-state index in [4.69, 9.17) is 11.6 Å². The lowest BCUT2D eigenvalue weighted by Crippen LogP contribution is -2.50. The normalized spacial score (nSPS) is 18.4. The quantitative estimate of drug-likeness (QED) is 0.251. The van der Waals surface area contributed by atoms with E-state index in [9.17, 15) is 28.2 Å². The molecular weight excluding hydrogens is 550 g/mol. The molecule has 1 aliphatic rings. The fraction of sp³-hybridized carbons (Fsp3) is 0.161. The molecule has 0 spiro atoms. The summed E-state index contributed by atoms with van der Waals surface area (Å²) in [6, 6.07) is 30.1. The van der Waals surface area contributed by atoms with Gasteiger partial charge in [-0.15, -0.1) is 0 Å². The minimum atomic E-state index is -4.49. The van der Waals surface area contributed by atoms with Crippen molar-refractivity contribution in [1.82, 2.24) is 4.31 Å². The van der Waals surface area contributed by atoms with Crippen molar-refractivity contribution in [2.75, 3.05) is 6.54 Å². The van der Waals surface area contributed by atoms with Crippen LogP contribution >= 0.6 is 11.6 Å². The average Bonchev–Trinajstić information content (AvgIpc) is 3.70. The minimum absolute atomic E-state index is 0.0352. The van der Waals surface area contributed by atoms with Crippen LogP contribution in [-0.4, -0.2) is 47.0 Å². The van der Waals surface area contributed by atoms with Crippen LogP contribution in [-0.2, 0) is 26.0 Å². The molecule has 204 valence electrons. The summed E-state index contributed by atoms with van der Waals surface area (Å²) in [5.41, 5.74) is 2.30. The number of benzene rings is 4. The van der Waals surface area contributed by atoms with Crippen molar-refractivity contribution >= 4 is 33.6 Å². The molecule has 2 atom stereocenters. The van der Waals surface area contributed by atoms with E-state index < -0.39 is 40.0 Å². The van der Waals surface area contributed by atoms with Crippen LogP contribution in [0.4, 0.5) is 0 Å². The highest BCUT2D eigenvalue weighted by atomic mass is 35.5. The number of hydrogen-bond donors (Lipinski definition) is 2. The lowest BCUT2D eigenvalue weighted by Gasteiger charge is -2.28. The minimum Gasteiger partial charge on any atom is -0.480 e.